The molecule has 0 saturated heterocycles. The van der Waals surface area contributed by atoms with Crippen molar-refractivity contribution in [3.63, 3.8) is 0 Å². The van der Waals surface area contributed by atoms with E-state index in [1.807, 2.05) is 18.2 Å². The summed E-state index contributed by atoms with van der Waals surface area (Å²) in [6, 6.07) is 18.9. The highest BCUT2D eigenvalue weighted by Gasteiger charge is 2.12. The molecule has 0 bridgehead atoms. The van der Waals surface area contributed by atoms with Gasteiger partial charge in [-0.2, -0.15) is 21.6 Å². The van der Waals surface area contributed by atoms with Gasteiger partial charge in [0.2, 0.25) is 5.82 Å². The fraction of sp³-hybridized carbons (Fsp3) is 0.269. The molecule has 5 rings (SSSR count). The molecule has 0 unspecified atom stereocenters. The molecule has 34 heavy (non-hydrogen) atoms. The second kappa shape index (κ2) is 10.5. The van der Waals surface area contributed by atoms with Crippen molar-refractivity contribution in [2.45, 2.75) is 45.6 Å². The number of aromatic nitrogens is 7. The van der Waals surface area contributed by atoms with Gasteiger partial charge >= 0.3 is 0 Å². The van der Waals surface area contributed by atoms with Gasteiger partial charge < -0.3 is 0 Å². The maximum Gasteiger partial charge on any atom is 0.205 e. The summed E-state index contributed by atoms with van der Waals surface area (Å²) >= 11 is 1.75. The van der Waals surface area contributed by atoms with Crippen LogP contribution in [0.3, 0.4) is 0 Å². The number of nitrogens with one attached hydrogen (secondary N) is 1. The van der Waals surface area contributed by atoms with Gasteiger partial charge in [0.05, 0.1) is 6.54 Å². The number of aromatic amines is 1. The van der Waals surface area contributed by atoms with Crippen LogP contribution in [0.2, 0.25) is 0 Å². The number of hydrogen-bond acceptors (Lipinski definition) is 6. The first-order valence-electron chi connectivity index (χ1n) is 11.7. The number of tetrazole rings is 1. The quantitative estimate of drug-likeness (QED) is 0.297. The smallest absolute Gasteiger partial charge is 0.205 e. The third kappa shape index (κ3) is 5.12. The summed E-state index contributed by atoms with van der Waals surface area (Å²) in [7, 11) is 0. The molecule has 5 aromatic rings. The molecule has 2 aromatic carbocycles. The van der Waals surface area contributed by atoms with Gasteiger partial charge in [-0.1, -0.05) is 55.5 Å². The number of nitrogens with zero attached hydrogens (tertiary/aromatic N) is 6. The predicted molar refractivity (Wildman–Crippen MR) is 135 cm³/mol. The number of benzene rings is 2. The van der Waals surface area contributed by atoms with Gasteiger partial charge in [-0.25, -0.2) is 9.67 Å². The summed E-state index contributed by atoms with van der Waals surface area (Å²) in [6.07, 6.45) is 5.05. The largest absolute Gasteiger partial charge is 0.245 e. The second-order valence-electron chi connectivity index (χ2n) is 8.31. The van der Waals surface area contributed by atoms with E-state index in [1.165, 1.54) is 11.1 Å². The zero-order valence-electron chi connectivity index (χ0n) is 19.2. The first-order chi connectivity index (χ1) is 16.8. The molecule has 7 nitrogen and oxygen atoms in total. The molecule has 0 radical (unpaired) electrons. The molecule has 0 saturated carbocycles. The van der Waals surface area contributed by atoms with Gasteiger partial charge in [0.15, 0.2) is 5.82 Å². The van der Waals surface area contributed by atoms with E-state index in [-0.39, 0.29) is 0 Å². The number of rotatable bonds is 10. The van der Waals surface area contributed by atoms with Crippen LogP contribution in [0.1, 0.15) is 42.5 Å². The monoisotopic (exact) mass is 469 g/mol. The minimum Gasteiger partial charge on any atom is -0.245 e. The molecule has 0 spiro atoms. The van der Waals surface area contributed by atoms with Crippen molar-refractivity contribution in [2.24, 2.45) is 0 Å². The van der Waals surface area contributed by atoms with Crippen LogP contribution >= 0.6 is 11.3 Å². The molecule has 3 aromatic heterocycles. The van der Waals surface area contributed by atoms with Crippen molar-refractivity contribution >= 4 is 11.3 Å². The van der Waals surface area contributed by atoms with Gasteiger partial charge in [-0.05, 0) is 63.6 Å². The van der Waals surface area contributed by atoms with E-state index in [4.69, 9.17) is 10.1 Å². The van der Waals surface area contributed by atoms with Crippen molar-refractivity contribution < 1.29 is 0 Å². The SMILES string of the molecule is CCCc1nc(CCCc2ccsc2)nn1Cc1ccc(-c2ccccc2-c2nn[nH]n2)cc1. The number of H-pyrrole nitrogens is 1. The van der Waals surface area contributed by atoms with E-state index in [9.17, 15) is 0 Å². The zero-order valence-corrected chi connectivity index (χ0v) is 20.0. The summed E-state index contributed by atoms with van der Waals surface area (Å²) in [5, 5.41) is 23.7. The van der Waals surface area contributed by atoms with Gasteiger partial charge in [-0.15, -0.1) is 10.2 Å². The number of aryl methyl sites for hydroxylation is 3. The first-order valence-corrected chi connectivity index (χ1v) is 12.6. The third-order valence-electron chi connectivity index (χ3n) is 5.82. The standard InChI is InChI=1S/C26H27N7S/c1-2-6-25-27-24(10-5-7-20-15-16-34-18-20)30-33(25)17-19-11-13-21(14-12-19)22-8-3-4-9-23(22)26-28-31-32-29-26/h3-4,8-9,11-16,18H,2,5-7,10,17H2,1H3,(H,28,29,31,32). The summed E-state index contributed by atoms with van der Waals surface area (Å²) in [4.78, 5) is 4.85. The lowest BCUT2D eigenvalue weighted by Crippen LogP contribution is -2.07. The van der Waals surface area contributed by atoms with Gasteiger partial charge in [-0.3, -0.25) is 0 Å². The van der Waals surface area contributed by atoms with Crippen molar-refractivity contribution in [3.05, 3.63) is 88.1 Å². The van der Waals surface area contributed by atoms with Crippen LogP contribution < -0.4 is 0 Å². The molecule has 0 aliphatic carbocycles. The van der Waals surface area contributed by atoms with Crippen LogP contribution in [-0.4, -0.2) is 35.4 Å². The molecule has 3 heterocycles. The van der Waals surface area contributed by atoms with Crippen LogP contribution in [0.15, 0.2) is 65.4 Å². The minimum absolute atomic E-state index is 0.595. The normalized spacial score (nSPS) is 11.2. The lowest BCUT2D eigenvalue weighted by atomic mass is 9.98. The highest BCUT2D eigenvalue weighted by Crippen LogP contribution is 2.29. The Morgan fingerprint density at radius 1 is 0.912 bits per heavy atom. The van der Waals surface area contributed by atoms with E-state index in [0.717, 1.165) is 67.0 Å². The van der Waals surface area contributed by atoms with Crippen molar-refractivity contribution in [1.29, 1.82) is 0 Å². The third-order valence-corrected chi connectivity index (χ3v) is 6.55. The predicted octanol–water partition coefficient (Wildman–Crippen LogP) is 5.36. The number of hydrogen-bond donors (Lipinski definition) is 1. The van der Waals surface area contributed by atoms with Crippen LogP contribution in [0.25, 0.3) is 22.5 Å². The Labute approximate surface area is 202 Å². The Hall–Kier alpha value is -3.65. The zero-order chi connectivity index (χ0) is 23.2. The van der Waals surface area contributed by atoms with Crippen LogP contribution in [0.4, 0.5) is 0 Å². The summed E-state index contributed by atoms with van der Waals surface area (Å²) < 4.78 is 2.08. The molecule has 0 fully saturated rings. The van der Waals surface area contributed by atoms with Crippen molar-refractivity contribution in [2.75, 3.05) is 0 Å². The molecule has 0 atom stereocenters. The van der Waals surface area contributed by atoms with Crippen molar-refractivity contribution in [1.82, 2.24) is 35.4 Å². The topological polar surface area (TPSA) is 85.2 Å². The summed E-state index contributed by atoms with van der Waals surface area (Å²) in [5.74, 6) is 2.61. The van der Waals surface area contributed by atoms with Gasteiger partial charge in [0, 0.05) is 18.4 Å². The molecule has 8 heteroatoms. The maximum atomic E-state index is 4.85. The Morgan fingerprint density at radius 3 is 2.50 bits per heavy atom. The lowest BCUT2D eigenvalue weighted by molar-refractivity contribution is 0.622. The van der Waals surface area contributed by atoms with Crippen molar-refractivity contribution in [3.8, 4) is 22.5 Å². The van der Waals surface area contributed by atoms with Crippen LogP contribution in [-0.2, 0) is 25.8 Å². The Morgan fingerprint density at radius 2 is 1.76 bits per heavy atom. The lowest BCUT2D eigenvalue weighted by Gasteiger charge is -2.09. The molecule has 172 valence electrons. The Bertz CT molecular complexity index is 1310. The summed E-state index contributed by atoms with van der Waals surface area (Å²) in [5.41, 5.74) is 5.76. The van der Waals surface area contributed by atoms with Gasteiger partial charge in [0.1, 0.15) is 5.82 Å². The van der Waals surface area contributed by atoms with E-state index >= 15 is 0 Å². The van der Waals surface area contributed by atoms with E-state index < -0.39 is 0 Å². The Balaban J connectivity index is 1.30. The summed E-state index contributed by atoms with van der Waals surface area (Å²) in [6.45, 7) is 2.91. The second-order valence-corrected chi connectivity index (χ2v) is 9.10. The Kier molecular flexibility index (Phi) is 6.86. The molecule has 0 aliphatic heterocycles. The minimum atomic E-state index is 0.595. The average Bonchev–Trinajstić information content (AvgIpc) is 3.64. The van der Waals surface area contributed by atoms with E-state index in [0.29, 0.717) is 5.82 Å². The molecule has 0 aliphatic rings. The highest BCUT2D eigenvalue weighted by molar-refractivity contribution is 7.07. The molecular formula is C26H27N7S. The highest BCUT2D eigenvalue weighted by atomic mass is 32.1. The van der Waals surface area contributed by atoms with Crippen LogP contribution in [0, 0.1) is 0 Å². The number of thiophene rings is 1. The van der Waals surface area contributed by atoms with E-state index in [1.54, 1.807) is 11.3 Å². The molecule has 1 N–H and O–H groups in total. The van der Waals surface area contributed by atoms with E-state index in [2.05, 4.69) is 79.4 Å². The van der Waals surface area contributed by atoms with Gasteiger partial charge in [0.25, 0.3) is 0 Å². The molecule has 0 amide bonds. The molecular weight excluding hydrogens is 442 g/mol. The van der Waals surface area contributed by atoms with Crippen LogP contribution in [0.5, 0.6) is 0 Å². The fourth-order valence-corrected chi connectivity index (χ4v) is 4.82. The average molecular weight is 470 g/mol. The maximum absolute atomic E-state index is 4.85. The fourth-order valence-electron chi connectivity index (χ4n) is 4.12. The first kappa shape index (κ1) is 22.2.